The average molecular weight is 277 g/mol. The van der Waals surface area contributed by atoms with Crippen molar-refractivity contribution in [2.45, 2.75) is 6.92 Å². The van der Waals surface area contributed by atoms with Crippen LogP contribution in [0.4, 0.5) is 0 Å². The van der Waals surface area contributed by atoms with E-state index in [1.165, 1.54) is 6.92 Å². The number of carbonyl (C=O) groups excluding carboxylic acids is 1. The van der Waals surface area contributed by atoms with Gasteiger partial charge < -0.3 is 0 Å². The van der Waals surface area contributed by atoms with Gasteiger partial charge in [-0.25, -0.2) is 0 Å². The smallest absolute Gasteiger partial charge is 0.161 e. The number of nitrogens with zero attached hydrogens (tertiary/aromatic N) is 2. The fraction of sp³-hybridized carbons (Fsp3) is 0.0833. The van der Waals surface area contributed by atoms with Crippen LogP contribution in [0.5, 0.6) is 0 Å². The summed E-state index contributed by atoms with van der Waals surface area (Å²) in [6.07, 6.45) is 3.29. The summed E-state index contributed by atoms with van der Waals surface area (Å²) in [5.74, 6) is 0.0165. The molecule has 0 amide bonds. The Labute approximate surface area is 102 Å². The van der Waals surface area contributed by atoms with Crippen LogP contribution in [-0.4, -0.2) is 15.8 Å². The third-order valence-corrected chi connectivity index (χ3v) is 2.63. The first-order chi connectivity index (χ1) is 7.66. The summed E-state index contributed by atoms with van der Waals surface area (Å²) < 4.78 is 0.927. The molecule has 4 heteroatoms. The molecule has 0 atom stereocenters. The topological polar surface area (TPSA) is 42.9 Å². The van der Waals surface area contributed by atoms with Crippen molar-refractivity contribution in [1.29, 1.82) is 0 Å². The van der Waals surface area contributed by atoms with Crippen molar-refractivity contribution in [3.63, 3.8) is 0 Å². The SMILES string of the molecule is CC(=O)c1ccc(-c2ccc(Br)cn2)nc1. The first-order valence-electron chi connectivity index (χ1n) is 4.76. The summed E-state index contributed by atoms with van der Waals surface area (Å²) in [7, 11) is 0. The van der Waals surface area contributed by atoms with Crippen LogP contribution in [0.2, 0.25) is 0 Å². The number of rotatable bonds is 2. The Bertz CT molecular complexity index is 506. The molecule has 0 fully saturated rings. The van der Waals surface area contributed by atoms with Crippen LogP contribution < -0.4 is 0 Å². The fourth-order valence-corrected chi connectivity index (χ4v) is 1.52. The zero-order chi connectivity index (χ0) is 11.5. The minimum absolute atomic E-state index is 0.0165. The molecule has 16 heavy (non-hydrogen) atoms. The zero-order valence-electron chi connectivity index (χ0n) is 8.64. The highest BCUT2D eigenvalue weighted by Gasteiger charge is 2.03. The van der Waals surface area contributed by atoms with E-state index in [1.54, 1.807) is 24.5 Å². The van der Waals surface area contributed by atoms with Crippen molar-refractivity contribution in [3.8, 4) is 11.4 Å². The largest absolute Gasteiger partial charge is 0.294 e. The Morgan fingerprint density at radius 2 is 1.69 bits per heavy atom. The van der Waals surface area contributed by atoms with Gasteiger partial charge in [0.2, 0.25) is 0 Å². The van der Waals surface area contributed by atoms with Gasteiger partial charge in [0.15, 0.2) is 5.78 Å². The van der Waals surface area contributed by atoms with E-state index < -0.39 is 0 Å². The van der Waals surface area contributed by atoms with Crippen molar-refractivity contribution in [3.05, 3.63) is 46.7 Å². The van der Waals surface area contributed by atoms with E-state index in [0.717, 1.165) is 15.9 Å². The lowest BCUT2D eigenvalue weighted by Crippen LogP contribution is -1.94. The monoisotopic (exact) mass is 276 g/mol. The fourth-order valence-electron chi connectivity index (χ4n) is 1.28. The third-order valence-electron chi connectivity index (χ3n) is 2.16. The van der Waals surface area contributed by atoms with Gasteiger partial charge in [-0.1, -0.05) is 0 Å². The molecule has 2 heterocycles. The first kappa shape index (κ1) is 11.0. The van der Waals surface area contributed by atoms with E-state index in [9.17, 15) is 4.79 Å². The number of ketones is 1. The zero-order valence-corrected chi connectivity index (χ0v) is 10.2. The molecule has 3 nitrogen and oxygen atoms in total. The lowest BCUT2D eigenvalue weighted by Gasteiger charge is -2.00. The van der Waals surface area contributed by atoms with Gasteiger partial charge in [-0.15, -0.1) is 0 Å². The highest BCUT2D eigenvalue weighted by atomic mass is 79.9. The molecule has 0 unspecified atom stereocenters. The van der Waals surface area contributed by atoms with E-state index in [0.29, 0.717) is 5.56 Å². The van der Waals surface area contributed by atoms with Gasteiger partial charge in [-0.05, 0) is 47.1 Å². The van der Waals surface area contributed by atoms with Crippen LogP contribution in [0, 0.1) is 0 Å². The van der Waals surface area contributed by atoms with Crippen molar-refractivity contribution >= 4 is 21.7 Å². The standard InChI is InChI=1S/C12H9BrN2O/c1-8(16)9-2-4-11(14-6-9)12-5-3-10(13)7-15-12/h2-7H,1H3. The first-order valence-corrected chi connectivity index (χ1v) is 5.55. The van der Waals surface area contributed by atoms with E-state index in [-0.39, 0.29) is 5.78 Å². The summed E-state index contributed by atoms with van der Waals surface area (Å²) in [5.41, 5.74) is 2.16. The molecule has 0 spiro atoms. The molecule has 2 aromatic heterocycles. The molecule has 2 rings (SSSR count). The molecule has 0 saturated carbocycles. The minimum Gasteiger partial charge on any atom is -0.294 e. The number of halogens is 1. The number of pyridine rings is 2. The summed E-state index contributed by atoms with van der Waals surface area (Å²) in [6.45, 7) is 1.52. The van der Waals surface area contributed by atoms with Crippen LogP contribution in [0.15, 0.2) is 41.1 Å². The third kappa shape index (κ3) is 2.33. The van der Waals surface area contributed by atoms with Gasteiger partial charge >= 0.3 is 0 Å². The van der Waals surface area contributed by atoms with Crippen LogP contribution in [0.3, 0.4) is 0 Å². The molecule has 2 aromatic rings. The molecule has 0 aliphatic heterocycles. The van der Waals surface area contributed by atoms with E-state index >= 15 is 0 Å². The second-order valence-corrected chi connectivity index (χ2v) is 4.27. The Kier molecular flexibility index (Phi) is 3.10. The minimum atomic E-state index is 0.0165. The van der Waals surface area contributed by atoms with E-state index in [4.69, 9.17) is 0 Å². The number of hydrogen-bond acceptors (Lipinski definition) is 3. The maximum atomic E-state index is 11.1. The number of hydrogen-bond donors (Lipinski definition) is 0. The molecule has 0 bridgehead atoms. The molecular formula is C12H9BrN2O. The van der Waals surface area contributed by atoms with E-state index in [1.807, 2.05) is 12.1 Å². The van der Waals surface area contributed by atoms with Gasteiger partial charge in [-0.3, -0.25) is 14.8 Å². The lowest BCUT2D eigenvalue weighted by molar-refractivity contribution is 0.101. The van der Waals surface area contributed by atoms with Crippen molar-refractivity contribution in [1.82, 2.24) is 9.97 Å². The van der Waals surface area contributed by atoms with Crippen LogP contribution in [0.1, 0.15) is 17.3 Å². The molecule has 0 saturated heterocycles. The maximum Gasteiger partial charge on any atom is 0.161 e. The number of carbonyl (C=O) groups is 1. The van der Waals surface area contributed by atoms with Gasteiger partial charge in [-0.2, -0.15) is 0 Å². The molecule has 0 radical (unpaired) electrons. The molecule has 0 aromatic carbocycles. The summed E-state index contributed by atoms with van der Waals surface area (Å²) in [4.78, 5) is 19.5. The summed E-state index contributed by atoms with van der Waals surface area (Å²) in [6, 6.07) is 7.34. The van der Waals surface area contributed by atoms with Gasteiger partial charge in [0, 0.05) is 22.4 Å². The highest BCUT2D eigenvalue weighted by molar-refractivity contribution is 9.10. The number of aromatic nitrogens is 2. The van der Waals surface area contributed by atoms with Crippen molar-refractivity contribution in [2.24, 2.45) is 0 Å². The van der Waals surface area contributed by atoms with Crippen molar-refractivity contribution in [2.75, 3.05) is 0 Å². The lowest BCUT2D eigenvalue weighted by atomic mass is 10.2. The normalized spacial score (nSPS) is 10.1. The number of Topliss-reactive ketones (excluding diaryl/α,β-unsaturated/α-hetero) is 1. The predicted molar refractivity (Wildman–Crippen MR) is 65.2 cm³/mol. The molecule has 0 aliphatic carbocycles. The second kappa shape index (κ2) is 4.53. The second-order valence-electron chi connectivity index (χ2n) is 3.35. The highest BCUT2D eigenvalue weighted by Crippen LogP contribution is 2.16. The molecule has 0 aliphatic rings. The quantitative estimate of drug-likeness (QED) is 0.792. The average Bonchev–Trinajstić information content (AvgIpc) is 2.30. The van der Waals surface area contributed by atoms with Gasteiger partial charge in [0.05, 0.1) is 11.4 Å². The van der Waals surface area contributed by atoms with Crippen LogP contribution in [0.25, 0.3) is 11.4 Å². The van der Waals surface area contributed by atoms with Gasteiger partial charge in [0.1, 0.15) is 0 Å². The Hall–Kier alpha value is -1.55. The predicted octanol–water partition coefficient (Wildman–Crippen LogP) is 3.11. The Morgan fingerprint density at radius 3 is 2.12 bits per heavy atom. The molecule has 80 valence electrons. The van der Waals surface area contributed by atoms with Gasteiger partial charge in [0.25, 0.3) is 0 Å². The Balaban J connectivity index is 2.34. The Morgan fingerprint density at radius 1 is 1.06 bits per heavy atom. The molecule has 0 N–H and O–H groups in total. The van der Waals surface area contributed by atoms with Crippen LogP contribution in [-0.2, 0) is 0 Å². The van der Waals surface area contributed by atoms with E-state index in [2.05, 4.69) is 25.9 Å². The van der Waals surface area contributed by atoms with Crippen LogP contribution >= 0.6 is 15.9 Å². The summed E-state index contributed by atoms with van der Waals surface area (Å²) >= 11 is 3.32. The maximum absolute atomic E-state index is 11.1. The van der Waals surface area contributed by atoms with Crippen molar-refractivity contribution < 1.29 is 4.79 Å². The molecular weight excluding hydrogens is 268 g/mol. The summed E-state index contributed by atoms with van der Waals surface area (Å²) in [5, 5.41) is 0.